The monoisotopic (exact) mass is 317 g/mol. The van der Waals surface area contributed by atoms with Crippen LogP contribution in [0.3, 0.4) is 0 Å². The van der Waals surface area contributed by atoms with Gasteiger partial charge in [0.15, 0.2) is 12.4 Å². The number of likely N-dealkylation sites (tertiary alicyclic amines) is 1. The zero-order chi connectivity index (χ0) is 16.5. The summed E-state index contributed by atoms with van der Waals surface area (Å²) in [4.78, 5) is 13.4. The van der Waals surface area contributed by atoms with Crippen molar-refractivity contribution in [3.05, 3.63) is 11.4 Å². The highest BCUT2D eigenvalue weighted by Gasteiger charge is 2.44. The fourth-order valence-electron chi connectivity index (χ4n) is 2.59. The number of piperidine rings is 1. The lowest BCUT2D eigenvalue weighted by Gasteiger charge is -2.37. The topological polar surface area (TPSA) is 67.6 Å². The van der Waals surface area contributed by atoms with Crippen molar-refractivity contribution < 1.29 is 23.4 Å². The zero-order valence-electron chi connectivity index (χ0n) is 13.0. The molecule has 0 saturated carbocycles. The Bertz CT molecular complexity index is 560. The number of nitrogens with zero attached hydrogens (tertiary/aromatic N) is 3. The van der Waals surface area contributed by atoms with E-state index in [1.807, 2.05) is 6.92 Å². The van der Waals surface area contributed by atoms with Crippen molar-refractivity contribution in [2.75, 3.05) is 26.3 Å². The van der Waals surface area contributed by atoms with E-state index in [2.05, 4.69) is 5.10 Å². The molecule has 1 fully saturated rings. The van der Waals surface area contributed by atoms with Crippen molar-refractivity contribution >= 4 is 5.91 Å². The van der Waals surface area contributed by atoms with E-state index in [1.165, 1.54) is 4.90 Å². The molecule has 1 N–H and O–H groups in total. The Kier molecular flexibility index (Phi) is 4.69. The van der Waals surface area contributed by atoms with Crippen LogP contribution in [-0.2, 0) is 11.8 Å². The summed E-state index contributed by atoms with van der Waals surface area (Å²) in [5, 5.41) is 13.2. The lowest BCUT2D eigenvalue weighted by molar-refractivity contribution is -0.150. The quantitative estimate of drug-likeness (QED) is 0.896. The number of amides is 1. The molecule has 0 bridgehead atoms. The average molecular weight is 317 g/mol. The van der Waals surface area contributed by atoms with E-state index in [0.717, 1.165) is 5.69 Å². The third-order valence-electron chi connectivity index (χ3n) is 4.11. The molecule has 124 valence electrons. The van der Waals surface area contributed by atoms with Crippen molar-refractivity contribution in [2.24, 2.45) is 13.0 Å². The Morgan fingerprint density at radius 1 is 1.50 bits per heavy atom. The summed E-state index contributed by atoms with van der Waals surface area (Å²) >= 11 is 0. The molecule has 8 heteroatoms. The number of aliphatic hydroxyl groups excluding tert-OH is 1. The number of carbonyl (C=O) groups is 1. The molecule has 1 unspecified atom stereocenters. The van der Waals surface area contributed by atoms with Gasteiger partial charge in [0.25, 0.3) is 11.8 Å². The number of hydrogen-bond acceptors (Lipinski definition) is 4. The van der Waals surface area contributed by atoms with Gasteiger partial charge in [-0.25, -0.2) is 8.78 Å². The first-order valence-corrected chi connectivity index (χ1v) is 7.15. The second-order valence-corrected chi connectivity index (χ2v) is 5.64. The molecule has 1 aromatic rings. The normalized spacial score (nSPS) is 21.0. The molecular weight excluding hydrogens is 296 g/mol. The molecule has 0 aromatic carbocycles. The molecule has 2 heterocycles. The minimum atomic E-state index is -2.93. The van der Waals surface area contributed by atoms with Crippen LogP contribution in [0.25, 0.3) is 0 Å². The second kappa shape index (κ2) is 6.20. The third-order valence-corrected chi connectivity index (χ3v) is 4.11. The number of carbonyl (C=O) groups excluding carboxylic acids is 1. The second-order valence-electron chi connectivity index (χ2n) is 5.64. The molecule has 1 amide bonds. The van der Waals surface area contributed by atoms with Gasteiger partial charge in [-0.3, -0.25) is 9.48 Å². The zero-order valence-corrected chi connectivity index (χ0v) is 13.0. The molecule has 22 heavy (non-hydrogen) atoms. The first kappa shape index (κ1) is 16.7. The molecule has 0 aliphatic carbocycles. The highest BCUT2D eigenvalue weighted by atomic mass is 19.3. The fourth-order valence-corrected chi connectivity index (χ4v) is 2.59. The average Bonchev–Trinajstić information content (AvgIpc) is 2.69. The number of aryl methyl sites for hydroxylation is 2. The maximum absolute atomic E-state index is 13.5. The van der Waals surface area contributed by atoms with Crippen LogP contribution in [0, 0.1) is 19.8 Å². The molecule has 1 aliphatic rings. The van der Waals surface area contributed by atoms with Gasteiger partial charge in [0.05, 0.1) is 18.2 Å². The molecular formula is C14H21F2N3O3. The summed E-state index contributed by atoms with van der Waals surface area (Å²) < 4.78 is 34.2. The smallest absolute Gasteiger partial charge is 0.260 e. The number of ether oxygens (including phenoxy) is 1. The van der Waals surface area contributed by atoms with Crippen LogP contribution in [0.15, 0.2) is 0 Å². The molecule has 1 saturated heterocycles. The molecule has 0 spiro atoms. The van der Waals surface area contributed by atoms with Crippen LogP contribution in [0.5, 0.6) is 5.75 Å². The molecule has 6 nitrogen and oxygen atoms in total. The van der Waals surface area contributed by atoms with Gasteiger partial charge < -0.3 is 14.7 Å². The summed E-state index contributed by atoms with van der Waals surface area (Å²) in [5.74, 6) is -3.97. The third kappa shape index (κ3) is 3.21. The van der Waals surface area contributed by atoms with Crippen LogP contribution in [-0.4, -0.2) is 57.9 Å². The van der Waals surface area contributed by atoms with E-state index in [9.17, 15) is 13.6 Å². The largest absolute Gasteiger partial charge is 0.480 e. The van der Waals surface area contributed by atoms with E-state index in [1.54, 1.807) is 18.7 Å². The van der Waals surface area contributed by atoms with Gasteiger partial charge in [0.1, 0.15) is 5.69 Å². The predicted molar refractivity (Wildman–Crippen MR) is 74.9 cm³/mol. The van der Waals surface area contributed by atoms with Crippen LogP contribution in [0.1, 0.15) is 17.8 Å². The first-order valence-electron chi connectivity index (χ1n) is 7.15. The van der Waals surface area contributed by atoms with Crippen molar-refractivity contribution in [1.82, 2.24) is 14.7 Å². The number of aromatic nitrogens is 2. The van der Waals surface area contributed by atoms with E-state index in [-0.39, 0.29) is 25.6 Å². The van der Waals surface area contributed by atoms with Crippen molar-refractivity contribution in [3.63, 3.8) is 0 Å². The maximum atomic E-state index is 13.5. The summed E-state index contributed by atoms with van der Waals surface area (Å²) in [6, 6.07) is 0. The van der Waals surface area contributed by atoms with E-state index >= 15 is 0 Å². The standard InChI is InChI=1S/C14H21F2N3O3/c1-9-13(10(2)18(3)17-9)22-8-12(21)19-5-4-14(15,16)11(6-19)7-20/h11,20H,4-8H2,1-3H3. The highest BCUT2D eigenvalue weighted by molar-refractivity contribution is 5.78. The predicted octanol–water partition coefficient (Wildman–Crippen LogP) is 0.892. The molecule has 1 aliphatic heterocycles. The van der Waals surface area contributed by atoms with Crippen molar-refractivity contribution in [2.45, 2.75) is 26.2 Å². The van der Waals surface area contributed by atoms with Gasteiger partial charge in [-0.15, -0.1) is 0 Å². The summed E-state index contributed by atoms with van der Waals surface area (Å²) in [5.41, 5.74) is 1.47. The van der Waals surface area contributed by atoms with Crippen molar-refractivity contribution in [3.8, 4) is 5.75 Å². The molecule has 0 radical (unpaired) electrons. The van der Waals surface area contributed by atoms with Gasteiger partial charge in [0, 0.05) is 26.6 Å². The number of aliphatic hydroxyl groups is 1. The highest BCUT2D eigenvalue weighted by Crippen LogP contribution is 2.33. The van der Waals surface area contributed by atoms with E-state index in [0.29, 0.717) is 11.4 Å². The van der Waals surface area contributed by atoms with Crippen molar-refractivity contribution in [1.29, 1.82) is 0 Å². The Labute approximate surface area is 127 Å². The number of alkyl halides is 2. The summed E-state index contributed by atoms with van der Waals surface area (Å²) in [6.07, 6.45) is -0.436. The minimum Gasteiger partial charge on any atom is -0.480 e. The summed E-state index contributed by atoms with van der Waals surface area (Å²) in [6.45, 7) is 2.54. The van der Waals surface area contributed by atoms with Gasteiger partial charge in [-0.05, 0) is 13.8 Å². The Morgan fingerprint density at radius 2 is 2.18 bits per heavy atom. The van der Waals surface area contributed by atoms with E-state index in [4.69, 9.17) is 9.84 Å². The Morgan fingerprint density at radius 3 is 2.73 bits per heavy atom. The van der Waals surface area contributed by atoms with Crippen LogP contribution < -0.4 is 4.74 Å². The van der Waals surface area contributed by atoms with Gasteiger partial charge in [0.2, 0.25) is 0 Å². The van der Waals surface area contributed by atoms with Crippen LogP contribution in [0.4, 0.5) is 8.78 Å². The van der Waals surface area contributed by atoms with Gasteiger partial charge in [-0.2, -0.15) is 5.10 Å². The molecule has 1 atom stereocenters. The van der Waals surface area contributed by atoms with Crippen LogP contribution in [0.2, 0.25) is 0 Å². The Hall–Kier alpha value is -1.70. The molecule has 1 aromatic heterocycles. The number of hydrogen-bond donors (Lipinski definition) is 1. The first-order chi connectivity index (χ1) is 10.3. The SMILES string of the molecule is Cc1nn(C)c(C)c1OCC(=O)N1CCC(F)(F)C(CO)C1. The maximum Gasteiger partial charge on any atom is 0.260 e. The lowest BCUT2D eigenvalue weighted by Crippen LogP contribution is -2.51. The minimum absolute atomic E-state index is 0.0311. The fraction of sp³-hybridized carbons (Fsp3) is 0.714. The molecule has 2 rings (SSSR count). The number of rotatable bonds is 4. The van der Waals surface area contributed by atoms with E-state index < -0.39 is 24.9 Å². The van der Waals surface area contributed by atoms with Crippen LogP contribution >= 0.6 is 0 Å². The van der Waals surface area contributed by atoms with Gasteiger partial charge in [-0.1, -0.05) is 0 Å². The summed E-state index contributed by atoms with van der Waals surface area (Å²) in [7, 11) is 1.77. The number of halogens is 2. The van der Waals surface area contributed by atoms with Gasteiger partial charge >= 0.3 is 0 Å². The Balaban J connectivity index is 1.96. The lowest BCUT2D eigenvalue weighted by atomic mass is 9.94.